The van der Waals surface area contributed by atoms with E-state index in [4.69, 9.17) is 4.74 Å². The van der Waals surface area contributed by atoms with Crippen LogP contribution in [-0.2, 0) is 6.42 Å². The van der Waals surface area contributed by atoms with Gasteiger partial charge in [-0.3, -0.25) is 0 Å². The van der Waals surface area contributed by atoms with Crippen molar-refractivity contribution in [1.29, 1.82) is 0 Å². The number of ether oxygens (including phenoxy) is 1. The van der Waals surface area contributed by atoms with E-state index in [2.05, 4.69) is 78.8 Å². The minimum atomic E-state index is -0.0316. The molecule has 3 aromatic carbocycles. The van der Waals surface area contributed by atoms with Crippen LogP contribution >= 0.6 is 0 Å². The number of benzene rings is 3. The molecule has 2 nitrogen and oxygen atoms in total. The van der Waals surface area contributed by atoms with Gasteiger partial charge in [-0.2, -0.15) is 0 Å². The van der Waals surface area contributed by atoms with Crippen molar-refractivity contribution in [3.63, 3.8) is 0 Å². The van der Waals surface area contributed by atoms with Crippen LogP contribution in [-0.4, -0.2) is 13.2 Å². The second kappa shape index (κ2) is 6.86. The Morgan fingerprint density at radius 2 is 1.44 bits per heavy atom. The van der Waals surface area contributed by atoms with Crippen molar-refractivity contribution in [3.05, 3.63) is 102 Å². The molecule has 0 bridgehead atoms. The van der Waals surface area contributed by atoms with Gasteiger partial charge in [0, 0.05) is 25.2 Å². The summed E-state index contributed by atoms with van der Waals surface area (Å²) in [6, 6.07) is 29.3. The van der Waals surface area contributed by atoms with E-state index >= 15 is 0 Å². The largest absolute Gasteiger partial charge is 0.483 e. The third-order valence-corrected chi connectivity index (χ3v) is 4.57. The molecule has 0 fully saturated rings. The first kappa shape index (κ1) is 15.5. The molecule has 0 aromatic heterocycles. The van der Waals surface area contributed by atoms with Crippen molar-refractivity contribution in [2.24, 2.45) is 0 Å². The Bertz CT molecular complexity index is 871. The van der Waals surface area contributed by atoms with Crippen LogP contribution in [0.5, 0.6) is 5.75 Å². The fourth-order valence-corrected chi connectivity index (χ4v) is 3.30. The first-order valence-corrected chi connectivity index (χ1v) is 8.61. The molecular weight excluding hydrogens is 306 g/mol. The molecule has 0 saturated carbocycles. The van der Waals surface area contributed by atoms with Crippen molar-refractivity contribution in [3.8, 4) is 5.75 Å². The smallest absolute Gasteiger partial charge is 0.143 e. The van der Waals surface area contributed by atoms with Crippen molar-refractivity contribution >= 4 is 11.3 Å². The number of para-hydroxylation sites is 2. The molecule has 0 spiro atoms. The van der Waals surface area contributed by atoms with Crippen LogP contribution in [0.4, 0.5) is 5.69 Å². The monoisotopic (exact) mass is 327 g/mol. The zero-order valence-corrected chi connectivity index (χ0v) is 14.3. The van der Waals surface area contributed by atoms with Gasteiger partial charge in [-0.1, -0.05) is 72.8 Å². The third-order valence-electron chi connectivity index (χ3n) is 4.57. The maximum Gasteiger partial charge on any atom is 0.143 e. The average Bonchev–Trinajstić information content (AvgIpc) is 2.80. The molecular formula is C23H21NO. The molecule has 124 valence electrons. The lowest BCUT2D eigenvalue weighted by Crippen LogP contribution is -2.21. The van der Waals surface area contributed by atoms with Gasteiger partial charge in [-0.25, -0.2) is 0 Å². The summed E-state index contributed by atoms with van der Waals surface area (Å²) in [5.74, 6) is 0.924. The number of fused-ring (bicyclic) bond motifs is 1. The number of anilines is 1. The summed E-state index contributed by atoms with van der Waals surface area (Å²) in [5.41, 5.74) is 4.76. The quantitative estimate of drug-likeness (QED) is 0.658. The lowest BCUT2D eigenvalue weighted by Gasteiger charge is -2.21. The zero-order valence-electron chi connectivity index (χ0n) is 14.3. The van der Waals surface area contributed by atoms with Crippen molar-refractivity contribution in [2.75, 3.05) is 11.9 Å². The Labute approximate surface area is 149 Å². The van der Waals surface area contributed by atoms with E-state index in [-0.39, 0.29) is 6.10 Å². The number of nitrogens with zero attached hydrogens (tertiary/aromatic N) is 1. The lowest BCUT2D eigenvalue weighted by atomic mass is 9.96. The maximum absolute atomic E-state index is 6.49. The molecule has 1 atom stereocenters. The minimum Gasteiger partial charge on any atom is -0.483 e. The van der Waals surface area contributed by atoms with Gasteiger partial charge in [0.05, 0.1) is 5.69 Å². The minimum absolute atomic E-state index is 0.0316. The molecule has 1 aliphatic rings. The molecule has 4 rings (SSSR count). The van der Waals surface area contributed by atoms with Gasteiger partial charge < -0.3 is 9.64 Å². The van der Waals surface area contributed by atoms with Gasteiger partial charge in [0.15, 0.2) is 0 Å². The SMILES string of the molecule is CN1C=C(c2ccccc2)C(Cc2ccccc2)Oc2ccccc21. The molecule has 0 amide bonds. The molecule has 3 aromatic rings. The van der Waals surface area contributed by atoms with Crippen molar-refractivity contribution in [1.82, 2.24) is 0 Å². The first-order valence-electron chi connectivity index (χ1n) is 8.61. The highest BCUT2D eigenvalue weighted by Crippen LogP contribution is 2.36. The van der Waals surface area contributed by atoms with Crippen LogP contribution in [0.25, 0.3) is 5.57 Å². The van der Waals surface area contributed by atoms with Gasteiger partial charge in [-0.15, -0.1) is 0 Å². The average molecular weight is 327 g/mol. The first-order chi connectivity index (χ1) is 12.3. The normalized spacial score (nSPS) is 16.4. The van der Waals surface area contributed by atoms with Crippen molar-refractivity contribution in [2.45, 2.75) is 12.5 Å². The van der Waals surface area contributed by atoms with Gasteiger partial charge in [0.2, 0.25) is 0 Å². The molecule has 1 aliphatic heterocycles. The van der Waals surface area contributed by atoms with Crippen molar-refractivity contribution < 1.29 is 4.74 Å². The van der Waals surface area contributed by atoms with E-state index < -0.39 is 0 Å². The molecule has 0 radical (unpaired) electrons. The Morgan fingerprint density at radius 1 is 0.800 bits per heavy atom. The van der Waals surface area contributed by atoms with Crippen LogP contribution in [0.3, 0.4) is 0 Å². The van der Waals surface area contributed by atoms with Gasteiger partial charge in [0.1, 0.15) is 11.9 Å². The highest BCUT2D eigenvalue weighted by atomic mass is 16.5. The summed E-state index contributed by atoms with van der Waals surface area (Å²) in [5, 5.41) is 0. The second-order valence-electron chi connectivity index (χ2n) is 6.33. The molecule has 0 saturated heterocycles. The number of hydrogen-bond donors (Lipinski definition) is 0. The van der Waals surface area contributed by atoms with E-state index in [1.54, 1.807) is 0 Å². The van der Waals surface area contributed by atoms with E-state index in [9.17, 15) is 0 Å². The van der Waals surface area contributed by atoms with Crippen LogP contribution in [0.1, 0.15) is 11.1 Å². The summed E-state index contributed by atoms with van der Waals surface area (Å²) in [7, 11) is 2.08. The summed E-state index contributed by atoms with van der Waals surface area (Å²) in [6.07, 6.45) is 3.01. The third kappa shape index (κ3) is 3.29. The van der Waals surface area contributed by atoms with Crippen LogP contribution in [0, 0.1) is 0 Å². The molecule has 2 heteroatoms. The lowest BCUT2D eigenvalue weighted by molar-refractivity contribution is 0.261. The maximum atomic E-state index is 6.49. The van der Waals surface area contributed by atoms with E-state index in [1.807, 2.05) is 24.3 Å². The Morgan fingerprint density at radius 3 is 2.20 bits per heavy atom. The Kier molecular flexibility index (Phi) is 4.26. The summed E-state index contributed by atoms with van der Waals surface area (Å²) < 4.78 is 6.49. The summed E-state index contributed by atoms with van der Waals surface area (Å²) in [6.45, 7) is 0. The predicted molar refractivity (Wildman–Crippen MR) is 104 cm³/mol. The van der Waals surface area contributed by atoms with Crippen LogP contribution < -0.4 is 9.64 Å². The second-order valence-corrected chi connectivity index (χ2v) is 6.33. The highest BCUT2D eigenvalue weighted by molar-refractivity contribution is 5.75. The highest BCUT2D eigenvalue weighted by Gasteiger charge is 2.24. The fraction of sp³-hybridized carbons (Fsp3) is 0.130. The van der Waals surface area contributed by atoms with Crippen LogP contribution in [0.2, 0.25) is 0 Å². The topological polar surface area (TPSA) is 12.5 Å². The van der Waals surface area contributed by atoms with Gasteiger partial charge in [0.25, 0.3) is 0 Å². The Hall–Kier alpha value is -3.00. The standard InChI is InChI=1S/C23H21NO/c1-24-17-20(19-12-6-3-7-13-19)23(16-18-10-4-2-5-11-18)25-22-15-9-8-14-21(22)24/h2-15,17,23H,16H2,1H3. The molecule has 0 N–H and O–H groups in total. The van der Waals surface area contributed by atoms with E-state index in [0.717, 1.165) is 17.9 Å². The molecule has 1 heterocycles. The fourth-order valence-electron chi connectivity index (χ4n) is 3.30. The van der Waals surface area contributed by atoms with Crippen LogP contribution in [0.15, 0.2) is 91.1 Å². The molecule has 0 aliphatic carbocycles. The van der Waals surface area contributed by atoms with Gasteiger partial charge in [-0.05, 0) is 23.3 Å². The zero-order chi connectivity index (χ0) is 17.1. The van der Waals surface area contributed by atoms with E-state index in [0.29, 0.717) is 0 Å². The number of hydrogen-bond acceptors (Lipinski definition) is 2. The Balaban J connectivity index is 1.78. The molecule has 1 unspecified atom stereocenters. The summed E-state index contributed by atoms with van der Waals surface area (Å²) in [4.78, 5) is 2.16. The van der Waals surface area contributed by atoms with E-state index in [1.165, 1.54) is 16.7 Å². The number of rotatable bonds is 3. The van der Waals surface area contributed by atoms with Gasteiger partial charge >= 0.3 is 0 Å². The summed E-state index contributed by atoms with van der Waals surface area (Å²) >= 11 is 0. The molecule has 25 heavy (non-hydrogen) atoms. The predicted octanol–water partition coefficient (Wildman–Crippen LogP) is 5.17.